The van der Waals surface area contributed by atoms with E-state index in [4.69, 9.17) is 14.9 Å². The van der Waals surface area contributed by atoms with Crippen LogP contribution in [0, 0.1) is 13.8 Å². The van der Waals surface area contributed by atoms with Crippen LogP contribution in [0.2, 0.25) is 0 Å². The topological polar surface area (TPSA) is 102 Å². The van der Waals surface area contributed by atoms with Gasteiger partial charge < -0.3 is 14.9 Å². The number of oxazole rings is 1. The van der Waals surface area contributed by atoms with Crippen molar-refractivity contribution in [2.75, 3.05) is 6.61 Å². The Morgan fingerprint density at radius 3 is 2.46 bits per heavy atom. The van der Waals surface area contributed by atoms with E-state index in [1.807, 2.05) is 38.1 Å². The lowest BCUT2D eigenvalue weighted by atomic mass is 10.1. The van der Waals surface area contributed by atoms with E-state index in [0.717, 1.165) is 22.6 Å². The van der Waals surface area contributed by atoms with Crippen molar-refractivity contribution in [1.29, 1.82) is 0 Å². The van der Waals surface area contributed by atoms with Crippen LogP contribution in [0.3, 0.4) is 0 Å². The molecule has 7 heteroatoms. The van der Waals surface area contributed by atoms with E-state index in [-0.39, 0.29) is 6.54 Å². The molecule has 0 aliphatic heterocycles. The molecule has 7 nitrogen and oxygen atoms in total. The predicted molar refractivity (Wildman–Crippen MR) is 104 cm³/mol. The molecule has 0 aliphatic rings. The number of benzene rings is 2. The Morgan fingerprint density at radius 2 is 1.82 bits per heavy atom. The first-order valence-corrected chi connectivity index (χ1v) is 8.93. The first kappa shape index (κ1) is 19.4. The first-order chi connectivity index (χ1) is 13.4. The van der Waals surface area contributed by atoms with Gasteiger partial charge in [0, 0.05) is 12.0 Å². The average molecular weight is 381 g/mol. The summed E-state index contributed by atoms with van der Waals surface area (Å²) in [5, 5.41) is 9.81. The van der Waals surface area contributed by atoms with Gasteiger partial charge in [-0.1, -0.05) is 29.8 Å². The van der Waals surface area contributed by atoms with Crippen LogP contribution in [-0.2, 0) is 13.0 Å². The van der Waals surface area contributed by atoms with Gasteiger partial charge in [0.2, 0.25) is 5.89 Å². The number of hydroxylamine groups is 2. The maximum absolute atomic E-state index is 10.8. The summed E-state index contributed by atoms with van der Waals surface area (Å²) in [6, 6.07) is 14.2. The number of rotatable bonds is 7. The van der Waals surface area contributed by atoms with Gasteiger partial charge in [0.25, 0.3) is 0 Å². The van der Waals surface area contributed by atoms with E-state index in [2.05, 4.69) is 4.98 Å². The van der Waals surface area contributed by atoms with Crippen molar-refractivity contribution in [2.45, 2.75) is 26.8 Å². The Kier molecular flexibility index (Phi) is 5.96. The largest absolute Gasteiger partial charge is 0.493 e. The van der Waals surface area contributed by atoms with E-state index in [0.29, 0.717) is 29.7 Å². The van der Waals surface area contributed by atoms with Crippen molar-refractivity contribution < 1.29 is 19.2 Å². The molecular weight excluding hydrogens is 358 g/mol. The minimum absolute atomic E-state index is 0.0233. The summed E-state index contributed by atoms with van der Waals surface area (Å²) in [6.07, 6.45) is 0.620. The average Bonchev–Trinajstić information content (AvgIpc) is 3.04. The van der Waals surface area contributed by atoms with Gasteiger partial charge >= 0.3 is 6.03 Å². The van der Waals surface area contributed by atoms with Gasteiger partial charge in [-0.25, -0.2) is 14.8 Å². The fraction of sp³-hybridized carbons (Fsp3) is 0.238. The zero-order chi connectivity index (χ0) is 20.1. The fourth-order valence-electron chi connectivity index (χ4n) is 2.69. The summed E-state index contributed by atoms with van der Waals surface area (Å²) >= 11 is 0. The quantitative estimate of drug-likeness (QED) is 0.478. The number of nitrogens with zero attached hydrogens (tertiary/aromatic N) is 2. The van der Waals surface area contributed by atoms with Crippen molar-refractivity contribution in [3.8, 4) is 17.2 Å². The number of nitrogens with two attached hydrogens (primary N) is 1. The summed E-state index contributed by atoms with van der Waals surface area (Å²) in [5.74, 6) is 2.08. The van der Waals surface area contributed by atoms with Crippen molar-refractivity contribution in [3.05, 3.63) is 71.1 Å². The van der Waals surface area contributed by atoms with E-state index >= 15 is 0 Å². The Morgan fingerprint density at radius 1 is 1.14 bits per heavy atom. The van der Waals surface area contributed by atoms with E-state index in [9.17, 15) is 10.0 Å². The highest BCUT2D eigenvalue weighted by Crippen LogP contribution is 2.22. The molecule has 3 rings (SSSR count). The second-order valence-corrected chi connectivity index (χ2v) is 6.53. The number of ether oxygens (including phenoxy) is 1. The minimum Gasteiger partial charge on any atom is -0.493 e. The molecule has 0 saturated carbocycles. The Labute approximate surface area is 163 Å². The third-order valence-electron chi connectivity index (χ3n) is 4.31. The lowest BCUT2D eigenvalue weighted by Gasteiger charge is -2.12. The van der Waals surface area contributed by atoms with Crippen molar-refractivity contribution in [1.82, 2.24) is 10.0 Å². The lowest BCUT2D eigenvalue weighted by Crippen LogP contribution is -2.31. The van der Waals surface area contributed by atoms with Crippen LogP contribution in [0.5, 0.6) is 5.75 Å². The Bertz CT molecular complexity index is 933. The van der Waals surface area contributed by atoms with Crippen LogP contribution >= 0.6 is 0 Å². The molecule has 0 atom stereocenters. The number of aryl methyl sites for hydroxylation is 2. The molecule has 146 valence electrons. The molecule has 3 aromatic rings. The maximum atomic E-state index is 10.8. The van der Waals surface area contributed by atoms with Gasteiger partial charge in [-0.05, 0) is 43.7 Å². The number of aromatic nitrogens is 1. The lowest BCUT2D eigenvalue weighted by molar-refractivity contribution is -0.0470. The highest BCUT2D eigenvalue weighted by Gasteiger charge is 2.12. The first-order valence-electron chi connectivity index (χ1n) is 8.93. The molecule has 0 unspecified atom stereocenters. The van der Waals surface area contributed by atoms with Crippen LogP contribution in [0.4, 0.5) is 4.79 Å². The van der Waals surface area contributed by atoms with Gasteiger partial charge in [0.05, 0.1) is 18.8 Å². The van der Waals surface area contributed by atoms with Crippen molar-refractivity contribution >= 4 is 6.03 Å². The molecule has 0 spiro atoms. The SMILES string of the molecule is Cc1ccc(-c2nc(CCOc3ccc(CN(O)C(N)=O)cc3)c(C)o2)cc1. The molecule has 0 saturated heterocycles. The highest BCUT2D eigenvalue weighted by atomic mass is 16.5. The highest BCUT2D eigenvalue weighted by molar-refractivity contribution is 5.70. The number of hydrogen-bond donors (Lipinski definition) is 2. The molecular formula is C21H23N3O4. The predicted octanol–water partition coefficient (Wildman–Crippen LogP) is 3.85. The summed E-state index contributed by atoms with van der Waals surface area (Å²) in [4.78, 5) is 15.4. The van der Waals surface area contributed by atoms with Crippen LogP contribution in [0.15, 0.2) is 52.9 Å². The van der Waals surface area contributed by atoms with Gasteiger partial charge in [0.15, 0.2) is 0 Å². The molecule has 0 bridgehead atoms. The standard InChI is InChI=1S/C21H23N3O4/c1-14-3-7-17(8-4-14)20-23-19(15(2)28-20)11-12-27-18-9-5-16(6-10-18)13-24(26)21(22)25/h3-10,26H,11-13H2,1-2H3,(H2,22,25). The van der Waals surface area contributed by atoms with E-state index < -0.39 is 6.03 Å². The zero-order valence-corrected chi connectivity index (χ0v) is 15.9. The second-order valence-electron chi connectivity index (χ2n) is 6.53. The zero-order valence-electron chi connectivity index (χ0n) is 15.9. The summed E-state index contributed by atoms with van der Waals surface area (Å²) in [6.45, 7) is 4.41. The second kappa shape index (κ2) is 8.58. The number of carbonyl (C=O) groups is 1. The smallest absolute Gasteiger partial charge is 0.338 e. The molecule has 2 aromatic carbocycles. The van der Waals surface area contributed by atoms with Crippen molar-refractivity contribution in [2.24, 2.45) is 5.73 Å². The molecule has 0 radical (unpaired) electrons. The molecule has 0 aliphatic carbocycles. The van der Waals surface area contributed by atoms with Crippen LogP contribution in [-0.4, -0.2) is 27.9 Å². The number of urea groups is 1. The summed E-state index contributed by atoms with van der Waals surface area (Å²) in [7, 11) is 0. The summed E-state index contributed by atoms with van der Waals surface area (Å²) in [5.41, 5.74) is 8.73. The van der Waals surface area contributed by atoms with Gasteiger partial charge in [0.1, 0.15) is 11.5 Å². The maximum Gasteiger partial charge on any atom is 0.338 e. The number of carbonyl (C=O) groups excluding carboxylic acids is 1. The molecule has 3 N–H and O–H groups in total. The number of primary amides is 1. The van der Waals surface area contributed by atoms with Gasteiger partial charge in [-0.3, -0.25) is 5.21 Å². The van der Waals surface area contributed by atoms with E-state index in [1.54, 1.807) is 24.3 Å². The third kappa shape index (κ3) is 4.89. The van der Waals surface area contributed by atoms with Crippen LogP contribution < -0.4 is 10.5 Å². The van der Waals surface area contributed by atoms with Crippen LogP contribution in [0.1, 0.15) is 22.6 Å². The monoisotopic (exact) mass is 381 g/mol. The van der Waals surface area contributed by atoms with E-state index in [1.165, 1.54) is 5.56 Å². The van der Waals surface area contributed by atoms with Crippen LogP contribution in [0.25, 0.3) is 11.5 Å². The molecule has 1 heterocycles. The number of amides is 2. The Hall–Kier alpha value is -3.32. The Balaban J connectivity index is 1.55. The fourth-order valence-corrected chi connectivity index (χ4v) is 2.69. The van der Waals surface area contributed by atoms with Crippen molar-refractivity contribution in [3.63, 3.8) is 0 Å². The molecule has 28 heavy (non-hydrogen) atoms. The van der Waals surface area contributed by atoms with Gasteiger partial charge in [-0.15, -0.1) is 0 Å². The molecule has 1 aromatic heterocycles. The minimum atomic E-state index is -0.895. The normalized spacial score (nSPS) is 10.7. The number of hydrogen-bond acceptors (Lipinski definition) is 5. The molecule has 2 amide bonds. The molecule has 0 fully saturated rings. The van der Waals surface area contributed by atoms with Gasteiger partial charge in [-0.2, -0.15) is 0 Å². The third-order valence-corrected chi connectivity index (χ3v) is 4.31. The summed E-state index contributed by atoms with van der Waals surface area (Å²) < 4.78 is 11.5.